The molecule has 0 bridgehead atoms. The molecule has 6 heteroatoms. The van der Waals surface area contributed by atoms with Crippen molar-refractivity contribution in [1.82, 2.24) is 14.3 Å². The molecular weight excluding hydrogens is 260 g/mol. The van der Waals surface area contributed by atoms with Crippen molar-refractivity contribution in [2.75, 3.05) is 26.3 Å². The first-order valence-corrected chi connectivity index (χ1v) is 6.77. The molecule has 1 saturated heterocycles. The summed E-state index contributed by atoms with van der Waals surface area (Å²) in [6, 6.07) is 10.1. The Labute approximate surface area is 117 Å². The molecule has 1 aliphatic heterocycles. The van der Waals surface area contributed by atoms with E-state index >= 15 is 0 Å². The predicted molar refractivity (Wildman–Crippen MR) is 73.7 cm³/mol. The van der Waals surface area contributed by atoms with Crippen LogP contribution in [0.15, 0.2) is 42.7 Å². The molecule has 5 nitrogen and oxygen atoms in total. The molecule has 0 spiro atoms. The van der Waals surface area contributed by atoms with Crippen LogP contribution in [-0.4, -0.2) is 40.6 Å². The number of hydrogen-bond donors (Lipinski definition) is 0. The number of morpholine rings is 1. The van der Waals surface area contributed by atoms with Gasteiger partial charge in [-0.3, -0.25) is 4.90 Å². The molecule has 0 radical (unpaired) electrons. The highest BCUT2D eigenvalue weighted by atomic mass is 32.1. The van der Waals surface area contributed by atoms with E-state index in [0.29, 0.717) is 0 Å². The third-order valence-electron chi connectivity index (χ3n) is 3.25. The topological polar surface area (TPSA) is 28.2 Å². The van der Waals surface area contributed by atoms with Crippen molar-refractivity contribution in [3.05, 3.63) is 42.7 Å². The number of hydrogen-bond acceptors (Lipinski definition) is 3. The van der Waals surface area contributed by atoms with Gasteiger partial charge in [0, 0.05) is 13.1 Å². The molecule has 2 aromatic rings. The van der Waals surface area contributed by atoms with Gasteiger partial charge in [0.15, 0.2) is 0 Å². The lowest BCUT2D eigenvalue weighted by atomic mass is 10.3. The third-order valence-corrected chi connectivity index (χ3v) is 3.64. The van der Waals surface area contributed by atoms with Crippen LogP contribution in [0.25, 0.3) is 5.69 Å². The van der Waals surface area contributed by atoms with Crippen molar-refractivity contribution in [3.63, 3.8) is 0 Å². The van der Waals surface area contributed by atoms with Gasteiger partial charge < -0.3 is 4.74 Å². The highest BCUT2D eigenvalue weighted by Crippen LogP contribution is 2.04. The molecule has 0 atom stereocenters. The van der Waals surface area contributed by atoms with Crippen molar-refractivity contribution in [2.45, 2.75) is 6.67 Å². The molecule has 19 heavy (non-hydrogen) atoms. The van der Waals surface area contributed by atoms with Crippen molar-refractivity contribution in [2.24, 2.45) is 0 Å². The SMILES string of the molecule is S=[n+]1n(CN2CCOCC2)ccn1-c1ccccc1. The number of para-hydroxylation sites is 1. The minimum atomic E-state index is 0.798. The minimum absolute atomic E-state index is 0.798. The van der Waals surface area contributed by atoms with Crippen LogP contribution in [0, 0.1) is 0 Å². The van der Waals surface area contributed by atoms with Gasteiger partial charge in [0.2, 0.25) is 0 Å². The fraction of sp³-hybridized carbons (Fsp3) is 0.385. The Hall–Kier alpha value is -1.50. The average molecular weight is 277 g/mol. The lowest BCUT2D eigenvalue weighted by Gasteiger charge is -2.24. The van der Waals surface area contributed by atoms with Crippen molar-refractivity contribution in [1.29, 1.82) is 0 Å². The molecule has 1 aliphatic rings. The normalized spacial score (nSPS) is 16.6. The summed E-state index contributed by atoms with van der Waals surface area (Å²) in [6.07, 6.45) is 4.00. The zero-order valence-electron chi connectivity index (χ0n) is 10.7. The van der Waals surface area contributed by atoms with E-state index in [2.05, 4.69) is 4.90 Å². The number of rotatable bonds is 3. The molecule has 0 amide bonds. The number of ether oxygens (including phenoxy) is 1. The molecule has 0 saturated carbocycles. The van der Waals surface area contributed by atoms with Gasteiger partial charge in [0.25, 0.3) is 0 Å². The van der Waals surface area contributed by atoms with Gasteiger partial charge in [-0.25, -0.2) is 0 Å². The second-order valence-electron chi connectivity index (χ2n) is 4.54. The zero-order valence-corrected chi connectivity index (χ0v) is 11.5. The van der Waals surface area contributed by atoms with Crippen LogP contribution in [0.2, 0.25) is 0 Å². The van der Waals surface area contributed by atoms with Gasteiger partial charge in [-0.2, -0.15) is 0 Å². The Morgan fingerprint density at radius 2 is 1.84 bits per heavy atom. The summed E-state index contributed by atoms with van der Waals surface area (Å²) in [5.41, 5.74) is 1.07. The standard InChI is InChI=1S/C13H17N4OS/c19-17-15(12-14-8-10-18-11-9-14)6-7-16(17)13-4-2-1-3-5-13/h1-7H,8-12H2/q+1. The first-order chi connectivity index (χ1) is 9.34. The van der Waals surface area contributed by atoms with E-state index in [-0.39, 0.29) is 0 Å². The van der Waals surface area contributed by atoms with E-state index in [9.17, 15) is 0 Å². The number of aromatic nitrogens is 3. The van der Waals surface area contributed by atoms with E-state index < -0.39 is 0 Å². The molecule has 1 aromatic carbocycles. The Morgan fingerprint density at radius 1 is 1.11 bits per heavy atom. The largest absolute Gasteiger partial charge is 0.379 e. The lowest BCUT2D eigenvalue weighted by molar-refractivity contribution is -0.623. The predicted octanol–water partition coefficient (Wildman–Crippen LogP) is 1.10. The fourth-order valence-electron chi connectivity index (χ4n) is 2.19. The van der Waals surface area contributed by atoms with E-state index in [1.165, 1.54) is 0 Å². The summed E-state index contributed by atoms with van der Waals surface area (Å²) < 4.78 is 11.0. The maximum Gasteiger partial charge on any atom is 0.335 e. The zero-order chi connectivity index (χ0) is 13.1. The summed E-state index contributed by atoms with van der Waals surface area (Å²) in [7, 11) is 0. The molecule has 2 heterocycles. The van der Waals surface area contributed by atoms with E-state index in [0.717, 1.165) is 38.7 Å². The smallest absolute Gasteiger partial charge is 0.335 e. The summed E-state index contributed by atoms with van der Waals surface area (Å²) in [4.78, 5) is 2.33. The number of benzene rings is 1. The highest BCUT2D eigenvalue weighted by Gasteiger charge is 2.16. The van der Waals surface area contributed by atoms with Crippen molar-refractivity contribution >= 4 is 12.4 Å². The molecule has 0 unspecified atom stereocenters. The maximum absolute atomic E-state index is 5.46. The second kappa shape index (κ2) is 5.64. The highest BCUT2D eigenvalue weighted by molar-refractivity contribution is 7.66. The van der Waals surface area contributed by atoms with Crippen molar-refractivity contribution in [3.8, 4) is 5.69 Å². The molecule has 1 fully saturated rings. The van der Waals surface area contributed by atoms with Crippen LogP contribution in [0.5, 0.6) is 0 Å². The quantitative estimate of drug-likeness (QED) is 0.787. The number of nitrogens with zero attached hydrogens (tertiary/aromatic N) is 4. The first kappa shape index (κ1) is 12.5. The van der Waals surface area contributed by atoms with Crippen molar-refractivity contribution < 1.29 is 8.58 Å². The van der Waals surface area contributed by atoms with Gasteiger partial charge >= 0.3 is 12.4 Å². The molecule has 0 aliphatic carbocycles. The lowest BCUT2D eigenvalue weighted by Crippen LogP contribution is -2.43. The fourth-order valence-corrected chi connectivity index (χ4v) is 2.45. The maximum atomic E-state index is 5.46. The third kappa shape index (κ3) is 2.75. The van der Waals surface area contributed by atoms with E-state index in [1.54, 1.807) is 3.84 Å². The monoisotopic (exact) mass is 277 g/mol. The average Bonchev–Trinajstić information content (AvgIpc) is 2.82. The van der Waals surface area contributed by atoms with Crippen LogP contribution in [0.3, 0.4) is 0 Å². The van der Waals surface area contributed by atoms with Gasteiger partial charge in [-0.15, -0.1) is 4.68 Å². The van der Waals surface area contributed by atoms with Crippen LogP contribution >= 0.6 is 12.4 Å². The molecule has 3 rings (SSSR count). The van der Waals surface area contributed by atoms with Crippen LogP contribution in [-0.2, 0) is 11.4 Å². The van der Waals surface area contributed by atoms with Gasteiger partial charge in [-0.1, -0.05) is 22.9 Å². The van der Waals surface area contributed by atoms with Crippen LogP contribution < -0.4 is 3.84 Å². The summed E-state index contributed by atoms with van der Waals surface area (Å²) in [5, 5.41) is 0. The molecule has 0 N–H and O–H groups in total. The summed E-state index contributed by atoms with van der Waals surface area (Å²) in [6.45, 7) is 4.32. The van der Waals surface area contributed by atoms with E-state index in [4.69, 9.17) is 17.2 Å². The van der Waals surface area contributed by atoms with E-state index in [1.807, 2.05) is 52.1 Å². The molecule has 1 aromatic heterocycles. The minimum Gasteiger partial charge on any atom is -0.379 e. The Balaban J connectivity index is 1.81. The summed E-state index contributed by atoms with van der Waals surface area (Å²) >= 11 is 5.46. The van der Waals surface area contributed by atoms with Gasteiger partial charge in [0.05, 0.1) is 29.4 Å². The van der Waals surface area contributed by atoms with Gasteiger partial charge in [-0.05, 0) is 12.1 Å². The van der Waals surface area contributed by atoms with Crippen LogP contribution in [0.4, 0.5) is 0 Å². The summed E-state index contributed by atoms with van der Waals surface area (Å²) in [5.74, 6) is 0. The Morgan fingerprint density at radius 3 is 2.58 bits per heavy atom. The Kier molecular flexibility index (Phi) is 3.72. The Bertz CT molecular complexity index is 586. The second-order valence-corrected chi connectivity index (χ2v) is 4.87. The molecule has 100 valence electrons. The van der Waals surface area contributed by atoms with Crippen LogP contribution in [0.1, 0.15) is 0 Å². The molecular formula is C13H17N4OS+. The van der Waals surface area contributed by atoms with Gasteiger partial charge in [0.1, 0.15) is 12.4 Å². The first-order valence-electron chi connectivity index (χ1n) is 6.41.